The van der Waals surface area contributed by atoms with Gasteiger partial charge < -0.3 is 14.9 Å². The van der Waals surface area contributed by atoms with Crippen LogP contribution in [0.3, 0.4) is 0 Å². The number of nitrogens with one attached hydrogen (secondary N) is 1. The third-order valence-electron chi connectivity index (χ3n) is 8.34. The van der Waals surface area contributed by atoms with Gasteiger partial charge in [-0.15, -0.1) is 0 Å². The van der Waals surface area contributed by atoms with Crippen LogP contribution in [0.4, 0.5) is 5.69 Å². The van der Waals surface area contributed by atoms with Crippen LogP contribution in [-0.2, 0) is 20.8 Å². The lowest BCUT2D eigenvalue weighted by molar-refractivity contribution is -0.148. The molecule has 8 nitrogen and oxygen atoms in total. The number of hydrogen-bond acceptors (Lipinski definition) is 6. The fraction of sp³-hybridized carbons (Fsp3) is 0.219. The maximum Gasteiger partial charge on any atom is 0.325 e. The van der Waals surface area contributed by atoms with Crippen LogP contribution in [-0.4, -0.2) is 40.6 Å². The quantitative estimate of drug-likeness (QED) is 0.278. The molecule has 4 aromatic carbocycles. The second-order valence-corrected chi connectivity index (χ2v) is 11.0. The number of nitrogens with zero attached hydrogens (tertiary/aromatic N) is 1. The lowest BCUT2D eigenvalue weighted by atomic mass is 9.76. The molecule has 2 heterocycles. The number of imide groups is 1. The number of amides is 2. The van der Waals surface area contributed by atoms with Gasteiger partial charge in [0.2, 0.25) is 11.8 Å². The number of aliphatic carboxylic acids is 1. The molecule has 0 saturated carbocycles. The summed E-state index contributed by atoms with van der Waals surface area (Å²) in [6.07, 6.45) is -0.0874. The first-order valence-corrected chi connectivity index (χ1v) is 13.5. The van der Waals surface area contributed by atoms with E-state index in [2.05, 4.69) is 5.32 Å². The Bertz CT molecular complexity index is 1720. The summed E-state index contributed by atoms with van der Waals surface area (Å²) in [5.74, 6) is -3.89. The number of anilines is 1. The standard InChI is InChI=1S/C32H27ClN2O6/c1-17-7-10-19(15-24(17)33)35-29(37)26-27(30(35)38)32(31(39)40,16-18-8-11-20(36)12-9-18)34-28(26)23-13-14-25(41-2)22-6-4-3-5-21(22)23/h3-15,26-28,34,36H,16H2,1-2H3,(H,39,40). The minimum atomic E-state index is -1.82. The zero-order valence-electron chi connectivity index (χ0n) is 22.3. The predicted octanol–water partition coefficient (Wildman–Crippen LogP) is 5.03. The number of rotatable bonds is 6. The molecule has 4 atom stereocenters. The number of ether oxygens (including phenoxy) is 1. The Morgan fingerprint density at radius 1 is 1.00 bits per heavy atom. The van der Waals surface area contributed by atoms with Crippen LogP contribution < -0.4 is 15.0 Å². The molecule has 0 radical (unpaired) electrons. The molecule has 0 aliphatic carbocycles. The summed E-state index contributed by atoms with van der Waals surface area (Å²) in [4.78, 5) is 42.7. The highest BCUT2D eigenvalue weighted by Crippen LogP contribution is 2.52. The zero-order chi connectivity index (χ0) is 29.1. The Morgan fingerprint density at radius 3 is 2.37 bits per heavy atom. The van der Waals surface area contributed by atoms with Crippen molar-refractivity contribution in [3.63, 3.8) is 0 Å². The normalized spacial score (nSPS) is 23.7. The Labute approximate surface area is 241 Å². The minimum absolute atomic E-state index is 0.0347. The minimum Gasteiger partial charge on any atom is -0.508 e. The number of hydrogen-bond donors (Lipinski definition) is 3. The summed E-state index contributed by atoms with van der Waals surface area (Å²) < 4.78 is 5.56. The molecule has 4 unspecified atom stereocenters. The van der Waals surface area contributed by atoms with Gasteiger partial charge in [-0.2, -0.15) is 0 Å². The van der Waals surface area contributed by atoms with Gasteiger partial charge >= 0.3 is 5.97 Å². The van der Waals surface area contributed by atoms with Crippen molar-refractivity contribution in [2.45, 2.75) is 24.9 Å². The smallest absolute Gasteiger partial charge is 0.325 e. The molecule has 208 valence electrons. The summed E-state index contributed by atoms with van der Waals surface area (Å²) in [5, 5.41) is 25.8. The van der Waals surface area contributed by atoms with Crippen molar-refractivity contribution in [2.75, 3.05) is 12.0 Å². The topological polar surface area (TPSA) is 116 Å². The summed E-state index contributed by atoms with van der Waals surface area (Å²) in [6, 6.07) is 21.4. The lowest BCUT2D eigenvalue weighted by Gasteiger charge is -2.31. The summed E-state index contributed by atoms with van der Waals surface area (Å²) in [5.41, 5.74) is 0.547. The Morgan fingerprint density at radius 2 is 1.71 bits per heavy atom. The van der Waals surface area contributed by atoms with Crippen molar-refractivity contribution in [1.82, 2.24) is 5.32 Å². The van der Waals surface area contributed by atoms with E-state index >= 15 is 0 Å². The Balaban J connectivity index is 1.55. The number of aryl methyl sites for hydroxylation is 1. The monoisotopic (exact) mass is 570 g/mol. The SMILES string of the molecule is COc1ccc(C2NC(Cc3ccc(O)cc3)(C(=O)O)C3C(=O)N(c4ccc(C)c(Cl)c4)C(=O)C23)c2ccccc12. The van der Waals surface area contributed by atoms with Crippen molar-refractivity contribution >= 4 is 45.8 Å². The van der Waals surface area contributed by atoms with Crippen LogP contribution in [0.15, 0.2) is 78.9 Å². The average molecular weight is 571 g/mol. The Hall–Kier alpha value is -4.40. The second-order valence-electron chi connectivity index (χ2n) is 10.6. The number of fused-ring (bicyclic) bond motifs is 2. The van der Waals surface area contributed by atoms with E-state index in [1.54, 1.807) is 43.5 Å². The van der Waals surface area contributed by atoms with E-state index in [-0.39, 0.29) is 12.2 Å². The molecule has 0 bridgehead atoms. The van der Waals surface area contributed by atoms with Crippen LogP contribution >= 0.6 is 11.6 Å². The van der Waals surface area contributed by atoms with Gasteiger partial charge in [-0.05, 0) is 59.3 Å². The molecule has 3 N–H and O–H groups in total. The van der Waals surface area contributed by atoms with E-state index in [1.165, 1.54) is 12.1 Å². The van der Waals surface area contributed by atoms with Gasteiger partial charge in [-0.3, -0.25) is 19.7 Å². The van der Waals surface area contributed by atoms with Gasteiger partial charge in [0.05, 0.1) is 24.6 Å². The molecule has 2 aliphatic heterocycles. The first-order valence-electron chi connectivity index (χ1n) is 13.1. The van der Waals surface area contributed by atoms with Gasteiger partial charge in [0.25, 0.3) is 0 Å². The number of halogens is 1. The molecule has 0 aromatic heterocycles. The number of carbonyl (C=O) groups is 3. The number of methoxy groups -OCH3 is 1. The molecule has 41 heavy (non-hydrogen) atoms. The van der Waals surface area contributed by atoms with Crippen molar-refractivity contribution < 1.29 is 29.3 Å². The molecule has 2 aliphatic rings. The zero-order valence-corrected chi connectivity index (χ0v) is 23.1. The molecule has 9 heteroatoms. The summed E-state index contributed by atoms with van der Waals surface area (Å²) in [6.45, 7) is 1.82. The van der Waals surface area contributed by atoms with Crippen LogP contribution in [0.5, 0.6) is 11.5 Å². The van der Waals surface area contributed by atoms with E-state index in [9.17, 15) is 24.6 Å². The van der Waals surface area contributed by atoms with Gasteiger partial charge in [-0.25, -0.2) is 4.90 Å². The first-order chi connectivity index (χ1) is 19.7. The van der Waals surface area contributed by atoms with Crippen molar-refractivity contribution in [3.8, 4) is 11.5 Å². The maximum absolute atomic E-state index is 14.2. The van der Waals surface area contributed by atoms with E-state index in [1.807, 2.05) is 37.3 Å². The highest BCUT2D eigenvalue weighted by atomic mass is 35.5. The van der Waals surface area contributed by atoms with Gasteiger partial charge in [0, 0.05) is 22.9 Å². The van der Waals surface area contributed by atoms with E-state index in [4.69, 9.17) is 16.3 Å². The molecule has 2 fully saturated rings. The maximum atomic E-state index is 14.2. The summed E-state index contributed by atoms with van der Waals surface area (Å²) in [7, 11) is 1.57. The van der Waals surface area contributed by atoms with Gasteiger partial charge in [-0.1, -0.05) is 60.1 Å². The van der Waals surface area contributed by atoms with E-state index in [0.29, 0.717) is 27.6 Å². The largest absolute Gasteiger partial charge is 0.508 e. The fourth-order valence-corrected chi connectivity index (χ4v) is 6.53. The van der Waals surface area contributed by atoms with Crippen molar-refractivity contribution in [2.24, 2.45) is 11.8 Å². The number of phenols is 1. The first kappa shape index (κ1) is 26.8. The number of phenolic OH excluding ortho intramolecular Hbond substituents is 1. The van der Waals surface area contributed by atoms with Crippen LogP contribution in [0, 0.1) is 18.8 Å². The van der Waals surface area contributed by atoms with Crippen LogP contribution in [0.2, 0.25) is 5.02 Å². The lowest BCUT2D eigenvalue weighted by Crippen LogP contribution is -2.57. The number of carbonyl (C=O) groups excluding carboxylic acids is 2. The van der Waals surface area contributed by atoms with Gasteiger partial charge in [0.15, 0.2) is 0 Å². The number of carboxylic acid groups (broad SMARTS) is 1. The molecule has 6 rings (SSSR count). The molecule has 4 aromatic rings. The van der Waals surface area contributed by atoms with Crippen molar-refractivity contribution in [3.05, 3.63) is 101 Å². The number of aromatic hydroxyl groups is 1. The van der Waals surface area contributed by atoms with Crippen molar-refractivity contribution in [1.29, 1.82) is 0 Å². The predicted molar refractivity (Wildman–Crippen MR) is 154 cm³/mol. The fourth-order valence-electron chi connectivity index (χ4n) is 6.36. The number of carboxylic acids is 1. The van der Waals surface area contributed by atoms with Crippen LogP contribution in [0.25, 0.3) is 10.8 Å². The highest BCUT2D eigenvalue weighted by molar-refractivity contribution is 6.32. The third kappa shape index (κ3) is 4.13. The Kier molecular flexibility index (Phi) is 6.47. The highest BCUT2D eigenvalue weighted by Gasteiger charge is 2.68. The molecule has 0 spiro atoms. The molecular formula is C32H27ClN2O6. The van der Waals surface area contributed by atoms with Crippen LogP contribution in [0.1, 0.15) is 22.7 Å². The molecule has 2 amide bonds. The molecular weight excluding hydrogens is 544 g/mol. The third-order valence-corrected chi connectivity index (χ3v) is 8.75. The van der Waals surface area contributed by atoms with E-state index < -0.39 is 41.2 Å². The van der Waals surface area contributed by atoms with E-state index in [0.717, 1.165) is 21.2 Å². The average Bonchev–Trinajstić information content (AvgIpc) is 3.44. The number of benzene rings is 4. The second kappa shape index (κ2) is 9.90. The summed E-state index contributed by atoms with van der Waals surface area (Å²) >= 11 is 6.37. The molecule has 2 saturated heterocycles. The van der Waals surface area contributed by atoms with Gasteiger partial charge in [0.1, 0.15) is 17.0 Å².